The fraction of sp³-hybridized carbons (Fsp3) is 0.188. The molecule has 3 heterocycles. The fourth-order valence-electron chi connectivity index (χ4n) is 2.76. The van der Waals surface area contributed by atoms with Gasteiger partial charge in [-0.25, -0.2) is 4.68 Å². The summed E-state index contributed by atoms with van der Waals surface area (Å²) in [6, 6.07) is 9.68. The molecule has 0 saturated carbocycles. The Hall–Kier alpha value is -2.48. The summed E-state index contributed by atoms with van der Waals surface area (Å²) in [5.74, 6) is 0.643. The van der Waals surface area contributed by atoms with Crippen LogP contribution in [0, 0.1) is 0 Å². The predicted molar refractivity (Wildman–Crippen MR) is 85.8 cm³/mol. The van der Waals surface area contributed by atoms with E-state index < -0.39 is 6.36 Å². The molecule has 1 aliphatic rings. The first-order valence-electron chi connectivity index (χ1n) is 7.27. The monoisotopic (exact) mass is 351 g/mol. The van der Waals surface area contributed by atoms with Crippen LogP contribution in [0.1, 0.15) is 5.56 Å². The van der Waals surface area contributed by atoms with Crippen LogP contribution in [-0.4, -0.2) is 22.7 Å². The molecule has 4 rings (SSSR count). The highest BCUT2D eigenvalue weighted by Gasteiger charge is 2.31. The molecule has 4 nitrogen and oxygen atoms in total. The molecule has 0 atom stereocenters. The van der Waals surface area contributed by atoms with Crippen LogP contribution in [-0.2, 0) is 6.42 Å². The summed E-state index contributed by atoms with van der Waals surface area (Å²) < 4.78 is 42.4. The van der Waals surface area contributed by atoms with Crippen molar-refractivity contribution >= 4 is 17.2 Å². The van der Waals surface area contributed by atoms with Crippen LogP contribution in [0.15, 0.2) is 41.8 Å². The average molecular weight is 351 g/mol. The van der Waals surface area contributed by atoms with Crippen molar-refractivity contribution in [1.82, 2.24) is 9.78 Å². The second-order valence-corrected chi connectivity index (χ2v) is 6.23. The van der Waals surface area contributed by atoms with Crippen molar-refractivity contribution in [3.05, 3.63) is 47.3 Å². The van der Waals surface area contributed by atoms with Gasteiger partial charge in [0.05, 0.1) is 10.6 Å². The smallest absolute Gasteiger partial charge is 0.406 e. The van der Waals surface area contributed by atoms with E-state index in [0.29, 0.717) is 5.69 Å². The molecule has 0 unspecified atom stereocenters. The van der Waals surface area contributed by atoms with E-state index in [2.05, 4.69) is 15.2 Å². The third-order valence-electron chi connectivity index (χ3n) is 3.72. The number of nitrogens with one attached hydrogen (secondary N) is 1. The second-order valence-electron chi connectivity index (χ2n) is 5.28. The van der Waals surface area contributed by atoms with Gasteiger partial charge in [0, 0.05) is 12.1 Å². The number of thiophene rings is 1. The van der Waals surface area contributed by atoms with E-state index in [9.17, 15) is 13.2 Å². The molecule has 24 heavy (non-hydrogen) atoms. The van der Waals surface area contributed by atoms with Crippen LogP contribution >= 0.6 is 11.3 Å². The van der Waals surface area contributed by atoms with Crippen LogP contribution in [0.4, 0.5) is 19.0 Å². The lowest BCUT2D eigenvalue weighted by atomic mass is 10.2. The number of ether oxygens (including phenoxy) is 1. The maximum absolute atomic E-state index is 12.3. The summed E-state index contributed by atoms with van der Waals surface area (Å²) in [7, 11) is 0. The van der Waals surface area contributed by atoms with E-state index in [1.807, 2.05) is 17.5 Å². The van der Waals surface area contributed by atoms with Gasteiger partial charge in [0.1, 0.15) is 17.3 Å². The highest BCUT2D eigenvalue weighted by Crippen LogP contribution is 2.36. The molecule has 124 valence electrons. The molecule has 0 radical (unpaired) electrons. The zero-order valence-corrected chi connectivity index (χ0v) is 13.1. The van der Waals surface area contributed by atoms with Gasteiger partial charge in [-0.15, -0.1) is 24.5 Å². The Balaban J connectivity index is 1.71. The van der Waals surface area contributed by atoms with Crippen LogP contribution in [0.2, 0.25) is 0 Å². The van der Waals surface area contributed by atoms with Crippen molar-refractivity contribution in [1.29, 1.82) is 0 Å². The van der Waals surface area contributed by atoms with Crippen molar-refractivity contribution in [3.8, 4) is 22.0 Å². The molecule has 1 aliphatic heterocycles. The van der Waals surface area contributed by atoms with Gasteiger partial charge < -0.3 is 10.1 Å². The standard InChI is InChI=1S/C16H12F3N3OS/c17-16(18,19)23-11-5-3-10(4-6-11)22-15-12(7-8-20-15)14(21-22)13-2-1-9-24-13/h1-6,9,20H,7-8H2. The minimum Gasteiger partial charge on any atom is -0.406 e. The van der Waals surface area contributed by atoms with Gasteiger partial charge in [0.25, 0.3) is 0 Å². The van der Waals surface area contributed by atoms with Gasteiger partial charge in [-0.2, -0.15) is 5.10 Å². The number of aromatic nitrogens is 2. The number of rotatable bonds is 3. The van der Waals surface area contributed by atoms with Crippen molar-refractivity contribution in [2.45, 2.75) is 12.8 Å². The quantitative estimate of drug-likeness (QED) is 0.757. The maximum Gasteiger partial charge on any atom is 0.573 e. The third-order valence-corrected chi connectivity index (χ3v) is 4.60. The molecule has 1 aromatic carbocycles. The first-order valence-corrected chi connectivity index (χ1v) is 8.15. The SMILES string of the molecule is FC(F)(F)Oc1ccc(-n2nc(-c3cccs3)c3c2NCC3)cc1. The van der Waals surface area contributed by atoms with E-state index in [-0.39, 0.29) is 5.75 Å². The van der Waals surface area contributed by atoms with Crippen LogP contribution in [0.3, 0.4) is 0 Å². The largest absolute Gasteiger partial charge is 0.573 e. The van der Waals surface area contributed by atoms with E-state index in [1.54, 1.807) is 28.2 Å². The Morgan fingerprint density at radius 2 is 1.96 bits per heavy atom. The van der Waals surface area contributed by atoms with Crippen molar-refractivity contribution in [2.24, 2.45) is 0 Å². The Morgan fingerprint density at radius 3 is 2.62 bits per heavy atom. The average Bonchev–Trinajstić information content (AvgIpc) is 3.24. The van der Waals surface area contributed by atoms with Gasteiger partial charge >= 0.3 is 6.36 Å². The number of nitrogens with zero attached hydrogens (tertiary/aromatic N) is 2. The van der Waals surface area contributed by atoms with E-state index >= 15 is 0 Å². The molecular weight excluding hydrogens is 339 g/mol. The zero-order valence-electron chi connectivity index (χ0n) is 12.3. The van der Waals surface area contributed by atoms with Crippen LogP contribution in [0.25, 0.3) is 16.3 Å². The number of benzene rings is 1. The van der Waals surface area contributed by atoms with Crippen LogP contribution in [0.5, 0.6) is 5.75 Å². The highest BCUT2D eigenvalue weighted by molar-refractivity contribution is 7.13. The Labute approximate surface area is 139 Å². The Bertz CT molecular complexity index is 854. The molecule has 0 bridgehead atoms. The Morgan fingerprint density at radius 1 is 1.17 bits per heavy atom. The normalized spacial score (nSPS) is 13.6. The van der Waals surface area contributed by atoms with Gasteiger partial charge in [0.2, 0.25) is 0 Å². The van der Waals surface area contributed by atoms with Crippen molar-refractivity contribution in [3.63, 3.8) is 0 Å². The lowest BCUT2D eigenvalue weighted by Crippen LogP contribution is -2.17. The molecule has 0 spiro atoms. The molecular formula is C16H12F3N3OS. The van der Waals surface area contributed by atoms with E-state index in [0.717, 1.165) is 34.9 Å². The van der Waals surface area contributed by atoms with E-state index in [1.165, 1.54) is 12.1 Å². The summed E-state index contributed by atoms with van der Waals surface area (Å²) in [6.07, 6.45) is -3.82. The number of hydrogen-bond donors (Lipinski definition) is 1. The van der Waals surface area contributed by atoms with Crippen molar-refractivity contribution in [2.75, 3.05) is 11.9 Å². The fourth-order valence-corrected chi connectivity index (χ4v) is 3.50. The summed E-state index contributed by atoms with van der Waals surface area (Å²) in [5, 5.41) is 9.94. The highest BCUT2D eigenvalue weighted by atomic mass is 32.1. The summed E-state index contributed by atoms with van der Waals surface area (Å²) in [6.45, 7) is 0.820. The molecule has 0 saturated heterocycles. The number of alkyl halides is 3. The summed E-state index contributed by atoms with van der Waals surface area (Å²) in [5.41, 5.74) is 2.73. The first kappa shape index (κ1) is 15.1. The minimum absolute atomic E-state index is 0.249. The summed E-state index contributed by atoms with van der Waals surface area (Å²) in [4.78, 5) is 1.07. The topological polar surface area (TPSA) is 39.1 Å². The first-order chi connectivity index (χ1) is 11.5. The molecule has 8 heteroatoms. The molecule has 1 N–H and O–H groups in total. The van der Waals surface area contributed by atoms with Gasteiger partial charge in [-0.05, 0) is 42.1 Å². The molecule has 0 amide bonds. The second kappa shape index (κ2) is 5.55. The summed E-state index contributed by atoms with van der Waals surface area (Å²) >= 11 is 1.61. The molecule has 0 aliphatic carbocycles. The number of anilines is 1. The van der Waals surface area contributed by atoms with Gasteiger partial charge in [-0.3, -0.25) is 0 Å². The minimum atomic E-state index is -4.69. The zero-order chi connectivity index (χ0) is 16.7. The number of fused-ring (bicyclic) bond motifs is 1. The number of hydrogen-bond acceptors (Lipinski definition) is 4. The molecule has 0 fully saturated rings. The molecule has 3 aromatic rings. The third kappa shape index (κ3) is 2.73. The van der Waals surface area contributed by atoms with E-state index in [4.69, 9.17) is 0 Å². The molecule has 2 aromatic heterocycles. The van der Waals surface area contributed by atoms with Gasteiger partial charge in [0.15, 0.2) is 0 Å². The van der Waals surface area contributed by atoms with Crippen LogP contribution < -0.4 is 10.1 Å². The lowest BCUT2D eigenvalue weighted by Gasteiger charge is -2.10. The number of halogens is 3. The maximum atomic E-state index is 12.3. The van der Waals surface area contributed by atoms with Gasteiger partial charge in [-0.1, -0.05) is 6.07 Å². The Kier molecular flexibility index (Phi) is 3.49. The van der Waals surface area contributed by atoms with Crippen molar-refractivity contribution < 1.29 is 17.9 Å². The predicted octanol–water partition coefficient (Wildman–Crippen LogP) is 4.47. The lowest BCUT2D eigenvalue weighted by molar-refractivity contribution is -0.274.